The van der Waals surface area contributed by atoms with E-state index in [0.717, 1.165) is 21.9 Å². The molecule has 0 spiro atoms. The zero-order valence-corrected chi connectivity index (χ0v) is 14.6. The van der Waals surface area contributed by atoms with E-state index in [1.54, 1.807) is 16.7 Å². The molecule has 2 aromatic carbocycles. The minimum absolute atomic E-state index is 0.113. The first-order valence-electron chi connectivity index (χ1n) is 6.85. The summed E-state index contributed by atoms with van der Waals surface area (Å²) >= 11 is 13.4. The van der Waals surface area contributed by atoms with Crippen LogP contribution in [0.15, 0.2) is 48.5 Å². The molecular weight excluding hydrogens is 337 g/mol. The zero-order valence-electron chi connectivity index (χ0n) is 12.3. The van der Waals surface area contributed by atoms with Gasteiger partial charge in [0.25, 0.3) is 0 Å². The van der Waals surface area contributed by atoms with E-state index in [1.807, 2.05) is 55.6 Å². The van der Waals surface area contributed by atoms with Crippen LogP contribution in [0.4, 0.5) is 0 Å². The molecule has 0 heterocycles. The fourth-order valence-electron chi connectivity index (χ4n) is 1.94. The third kappa shape index (κ3) is 5.56. The summed E-state index contributed by atoms with van der Waals surface area (Å²) in [5, 5.41) is 1.43. The van der Waals surface area contributed by atoms with Gasteiger partial charge in [-0.05, 0) is 35.4 Å². The van der Waals surface area contributed by atoms with Gasteiger partial charge in [0.1, 0.15) is 0 Å². The largest absolute Gasteiger partial charge is 0.341 e. The number of rotatable bonds is 6. The van der Waals surface area contributed by atoms with Crippen molar-refractivity contribution in [3.05, 3.63) is 69.7 Å². The van der Waals surface area contributed by atoms with Crippen molar-refractivity contribution in [1.82, 2.24) is 4.90 Å². The number of nitrogens with zero attached hydrogens (tertiary/aromatic N) is 1. The first-order chi connectivity index (χ1) is 10.5. The van der Waals surface area contributed by atoms with Gasteiger partial charge in [-0.25, -0.2) is 0 Å². The van der Waals surface area contributed by atoms with Crippen LogP contribution in [0.2, 0.25) is 10.0 Å². The first kappa shape index (κ1) is 17.2. The Kier molecular flexibility index (Phi) is 6.62. The number of carbonyl (C=O) groups excluding carboxylic acids is 1. The summed E-state index contributed by atoms with van der Waals surface area (Å²) in [6.07, 6.45) is 0. The maximum atomic E-state index is 12.1. The van der Waals surface area contributed by atoms with Gasteiger partial charge in [-0.15, -0.1) is 11.8 Å². The van der Waals surface area contributed by atoms with Crippen LogP contribution in [0.1, 0.15) is 11.1 Å². The topological polar surface area (TPSA) is 20.3 Å². The van der Waals surface area contributed by atoms with Crippen LogP contribution in [0.5, 0.6) is 0 Å². The van der Waals surface area contributed by atoms with E-state index in [2.05, 4.69) is 0 Å². The van der Waals surface area contributed by atoms with Gasteiger partial charge >= 0.3 is 0 Å². The van der Waals surface area contributed by atoms with E-state index in [1.165, 1.54) is 0 Å². The molecule has 116 valence electrons. The van der Waals surface area contributed by atoms with Crippen molar-refractivity contribution in [3.8, 4) is 0 Å². The number of thioether (sulfide) groups is 1. The van der Waals surface area contributed by atoms with Gasteiger partial charge in [0.2, 0.25) is 5.91 Å². The molecule has 0 unspecified atom stereocenters. The van der Waals surface area contributed by atoms with E-state index >= 15 is 0 Å². The Hall–Kier alpha value is -1.16. The Morgan fingerprint density at radius 1 is 1.05 bits per heavy atom. The average Bonchev–Trinajstić information content (AvgIpc) is 2.49. The number of amides is 1. The Balaban J connectivity index is 1.77. The molecule has 0 aliphatic rings. The smallest absolute Gasteiger partial charge is 0.232 e. The lowest BCUT2D eigenvalue weighted by Crippen LogP contribution is -2.27. The number of halogens is 2. The lowest BCUT2D eigenvalue weighted by atomic mass is 10.2. The Morgan fingerprint density at radius 2 is 1.77 bits per heavy atom. The molecule has 0 aromatic heterocycles. The highest BCUT2D eigenvalue weighted by Gasteiger charge is 2.09. The summed E-state index contributed by atoms with van der Waals surface area (Å²) in [7, 11) is 1.82. The first-order valence-corrected chi connectivity index (χ1v) is 8.76. The summed E-state index contributed by atoms with van der Waals surface area (Å²) in [5.41, 5.74) is 2.20. The summed E-state index contributed by atoms with van der Waals surface area (Å²) in [5.74, 6) is 1.35. The fraction of sp³-hybridized carbons (Fsp3) is 0.235. The van der Waals surface area contributed by atoms with E-state index in [-0.39, 0.29) is 5.91 Å². The third-order valence-electron chi connectivity index (χ3n) is 3.14. The van der Waals surface area contributed by atoms with Crippen molar-refractivity contribution < 1.29 is 4.79 Å². The summed E-state index contributed by atoms with van der Waals surface area (Å²) in [6.45, 7) is 0.591. The quantitative estimate of drug-likeness (QED) is 0.737. The second-order valence-electron chi connectivity index (χ2n) is 5.00. The van der Waals surface area contributed by atoms with Crippen LogP contribution in [-0.4, -0.2) is 23.6 Å². The minimum atomic E-state index is 0.113. The van der Waals surface area contributed by atoms with Crippen LogP contribution < -0.4 is 0 Å². The summed E-state index contributed by atoms with van der Waals surface area (Å²) < 4.78 is 0. The van der Waals surface area contributed by atoms with E-state index in [9.17, 15) is 4.79 Å². The highest BCUT2D eigenvalue weighted by atomic mass is 35.5. The number of hydrogen-bond acceptors (Lipinski definition) is 2. The molecule has 0 N–H and O–H groups in total. The molecular formula is C17H17Cl2NOS. The molecule has 2 rings (SSSR count). The normalized spacial score (nSPS) is 10.5. The average molecular weight is 354 g/mol. The second kappa shape index (κ2) is 8.47. The van der Waals surface area contributed by atoms with Crippen molar-refractivity contribution in [2.45, 2.75) is 12.3 Å². The lowest BCUT2D eigenvalue weighted by Gasteiger charge is -2.17. The molecule has 5 heteroatoms. The molecule has 0 fully saturated rings. The molecule has 0 saturated heterocycles. The van der Waals surface area contributed by atoms with Crippen LogP contribution in [0, 0.1) is 0 Å². The maximum Gasteiger partial charge on any atom is 0.232 e. The molecule has 1 amide bonds. The van der Waals surface area contributed by atoms with Gasteiger partial charge in [-0.2, -0.15) is 0 Å². The second-order valence-corrected chi connectivity index (χ2v) is 6.86. The molecule has 0 aliphatic carbocycles. The number of carbonyl (C=O) groups is 1. The van der Waals surface area contributed by atoms with Gasteiger partial charge in [0, 0.05) is 29.4 Å². The molecule has 0 aliphatic heterocycles. The van der Waals surface area contributed by atoms with E-state index in [4.69, 9.17) is 23.2 Å². The van der Waals surface area contributed by atoms with Crippen molar-refractivity contribution >= 4 is 40.9 Å². The van der Waals surface area contributed by atoms with Crippen LogP contribution in [0.25, 0.3) is 0 Å². The molecule has 0 saturated carbocycles. The van der Waals surface area contributed by atoms with Gasteiger partial charge in [0.05, 0.1) is 5.75 Å². The third-order valence-corrected chi connectivity index (χ3v) is 4.62. The standard InChI is InChI=1S/C17H17Cl2NOS/c1-20(10-13-5-7-15(18)8-6-13)17(21)12-22-11-14-3-2-4-16(19)9-14/h2-9H,10-12H2,1H3. The SMILES string of the molecule is CN(Cc1ccc(Cl)cc1)C(=O)CSCc1cccc(Cl)c1. The highest BCUT2D eigenvalue weighted by Crippen LogP contribution is 2.17. The van der Waals surface area contributed by atoms with E-state index in [0.29, 0.717) is 17.3 Å². The Morgan fingerprint density at radius 3 is 2.45 bits per heavy atom. The van der Waals surface area contributed by atoms with Crippen molar-refractivity contribution in [1.29, 1.82) is 0 Å². The van der Waals surface area contributed by atoms with E-state index < -0.39 is 0 Å². The highest BCUT2D eigenvalue weighted by molar-refractivity contribution is 7.99. The van der Waals surface area contributed by atoms with Crippen LogP contribution >= 0.6 is 35.0 Å². The molecule has 0 bridgehead atoms. The fourth-order valence-corrected chi connectivity index (χ4v) is 3.20. The molecule has 0 radical (unpaired) electrons. The Labute approximate surface area is 145 Å². The van der Waals surface area contributed by atoms with Gasteiger partial charge in [0.15, 0.2) is 0 Å². The van der Waals surface area contributed by atoms with Gasteiger partial charge in [-0.3, -0.25) is 4.79 Å². The van der Waals surface area contributed by atoms with Crippen LogP contribution in [0.3, 0.4) is 0 Å². The maximum absolute atomic E-state index is 12.1. The Bertz CT molecular complexity index is 631. The lowest BCUT2D eigenvalue weighted by molar-refractivity contribution is -0.127. The predicted molar refractivity (Wildman–Crippen MR) is 95.5 cm³/mol. The predicted octanol–water partition coefficient (Wildman–Crippen LogP) is 4.89. The van der Waals surface area contributed by atoms with Crippen molar-refractivity contribution in [3.63, 3.8) is 0 Å². The summed E-state index contributed by atoms with van der Waals surface area (Å²) in [4.78, 5) is 13.9. The minimum Gasteiger partial charge on any atom is -0.341 e. The summed E-state index contributed by atoms with van der Waals surface area (Å²) in [6, 6.07) is 15.3. The molecule has 22 heavy (non-hydrogen) atoms. The molecule has 0 atom stereocenters. The monoisotopic (exact) mass is 353 g/mol. The van der Waals surface area contributed by atoms with Gasteiger partial charge < -0.3 is 4.90 Å². The van der Waals surface area contributed by atoms with Crippen molar-refractivity contribution in [2.24, 2.45) is 0 Å². The van der Waals surface area contributed by atoms with Crippen LogP contribution in [-0.2, 0) is 17.1 Å². The van der Waals surface area contributed by atoms with Crippen molar-refractivity contribution in [2.75, 3.05) is 12.8 Å². The van der Waals surface area contributed by atoms with Gasteiger partial charge in [-0.1, -0.05) is 47.5 Å². The zero-order chi connectivity index (χ0) is 15.9. The number of hydrogen-bond donors (Lipinski definition) is 0. The molecule has 2 nitrogen and oxygen atoms in total. The number of benzene rings is 2. The molecule has 2 aromatic rings.